The first kappa shape index (κ1) is 26.9. The molecule has 4 aromatic rings. The van der Waals surface area contributed by atoms with E-state index in [4.69, 9.17) is 14.6 Å². The molecule has 0 unspecified atom stereocenters. The first-order chi connectivity index (χ1) is 17.6. The Morgan fingerprint density at radius 2 is 1.89 bits per heavy atom. The van der Waals surface area contributed by atoms with Gasteiger partial charge in [0.2, 0.25) is 5.91 Å². The molecule has 37 heavy (non-hydrogen) atoms. The van der Waals surface area contributed by atoms with Crippen LogP contribution in [0.25, 0.3) is 22.0 Å². The zero-order chi connectivity index (χ0) is 27.0. The molecule has 10 nitrogen and oxygen atoms in total. The van der Waals surface area contributed by atoms with Gasteiger partial charge in [-0.15, -0.1) is 0 Å². The fourth-order valence-corrected chi connectivity index (χ4v) is 3.21. The zero-order valence-corrected chi connectivity index (χ0v) is 19.5. The fourth-order valence-electron chi connectivity index (χ4n) is 3.21. The number of hydrogen-bond acceptors (Lipinski definition) is 6. The van der Waals surface area contributed by atoms with Gasteiger partial charge in [0, 0.05) is 42.9 Å². The highest BCUT2D eigenvalue weighted by atomic mass is 19.4. The van der Waals surface area contributed by atoms with E-state index in [9.17, 15) is 22.8 Å². The average Bonchev–Trinajstić information content (AvgIpc) is 3.40. The van der Waals surface area contributed by atoms with Gasteiger partial charge in [0.25, 0.3) is 5.56 Å². The molecule has 0 fully saturated rings. The Balaban J connectivity index is 0.000000479. The number of H-pyrrole nitrogens is 1. The fraction of sp³-hybridized carbons (Fsp3) is 0.208. The van der Waals surface area contributed by atoms with Crippen molar-refractivity contribution >= 4 is 28.6 Å². The lowest BCUT2D eigenvalue weighted by molar-refractivity contribution is -0.192. The van der Waals surface area contributed by atoms with Crippen LogP contribution in [0.3, 0.4) is 0 Å². The second-order valence-electron chi connectivity index (χ2n) is 7.64. The van der Waals surface area contributed by atoms with Crippen molar-refractivity contribution in [3.63, 3.8) is 0 Å². The summed E-state index contributed by atoms with van der Waals surface area (Å²) in [5, 5.41) is 17.5. The molecule has 3 aromatic heterocycles. The van der Waals surface area contributed by atoms with Gasteiger partial charge < -0.3 is 19.7 Å². The number of para-hydroxylation sites is 1. The molecule has 3 heterocycles. The minimum absolute atomic E-state index is 0.134. The summed E-state index contributed by atoms with van der Waals surface area (Å²) in [5.41, 5.74) is 2.50. The van der Waals surface area contributed by atoms with E-state index >= 15 is 0 Å². The molecule has 0 radical (unpaired) electrons. The number of anilines is 1. The number of aromatic nitrogens is 4. The van der Waals surface area contributed by atoms with Crippen molar-refractivity contribution in [1.82, 2.24) is 19.7 Å². The molecule has 0 bridgehead atoms. The molecular weight excluding hydrogens is 495 g/mol. The van der Waals surface area contributed by atoms with Crippen molar-refractivity contribution in [2.45, 2.75) is 19.0 Å². The maximum absolute atomic E-state index is 12.3. The van der Waals surface area contributed by atoms with E-state index in [1.54, 1.807) is 36.3 Å². The number of carboxylic acid groups (broad SMARTS) is 1. The molecule has 0 aliphatic rings. The highest BCUT2D eigenvalue weighted by Crippen LogP contribution is 2.23. The molecular formula is C24H22F3N5O5. The number of aryl methyl sites for hydroxylation is 1. The van der Waals surface area contributed by atoms with Crippen LogP contribution in [0.4, 0.5) is 19.0 Å². The van der Waals surface area contributed by atoms with Crippen LogP contribution in [0.1, 0.15) is 12.8 Å². The Labute approximate surface area is 207 Å². The number of rotatable bonds is 7. The number of benzene rings is 1. The third-order valence-corrected chi connectivity index (χ3v) is 5.02. The van der Waals surface area contributed by atoms with Gasteiger partial charge in [0.1, 0.15) is 11.6 Å². The quantitative estimate of drug-likeness (QED) is 0.317. The number of alkyl halides is 3. The van der Waals surface area contributed by atoms with E-state index in [-0.39, 0.29) is 17.9 Å². The Bertz CT molecular complexity index is 1430. The number of nitrogens with zero attached hydrogens (tertiary/aromatic N) is 3. The monoisotopic (exact) mass is 517 g/mol. The van der Waals surface area contributed by atoms with Crippen molar-refractivity contribution in [2.75, 3.05) is 11.9 Å². The number of carboxylic acids is 1. The summed E-state index contributed by atoms with van der Waals surface area (Å²) >= 11 is 0. The third kappa shape index (κ3) is 7.40. The van der Waals surface area contributed by atoms with E-state index in [1.165, 1.54) is 6.07 Å². The lowest BCUT2D eigenvalue weighted by Crippen LogP contribution is -2.21. The maximum Gasteiger partial charge on any atom is 0.490 e. The number of amides is 1. The van der Waals surface area contributed by atoms with Crippen molar-refractivity contribution in [3.8, 4) is 16.9 Å². The number of aromatic amines is 1. The molecule has 0 aliphatic carbocycles. The van der Waals surface area contributed by atoms with Crippen molar-refractivity contribution < 1.29 is 32.6 Å². The lowest BCUT2D eigenvalue weighted by atomic mass is 10.1. The van der Waals surface area contributed by atoms with Crippen LogP contribution in [0, 0.1) is 0 Å². The van der Waals surface area contributed by atoms with Gasteiger partial charge in [0.05, 0.1) is 18.3 Å². The van der Waals surface area contributed by atoms with E-state index in [1.807, 2.05) is 30.3 Å². The smallest absolute Gasteiger partial charge is 0.490 e. The number of pyridine rings is 2. The number of nitrogens with one attached hydrogen (secondary N) is 2. The van der Waals surface area contributed by atoms with Crippen molar-refractivity contribution in [3.05, 3.63) is 71.4 Å². The predicted octanol–water partition coefficient (Wildman–Crippen LogP) is 3.75. The number of ether oxygens (including phenoxy) is 1. The maximum atomic E-state index is 12.3. The Kier molecular flexibility index (Phi) is 8.61. The summed E-state index contributed by atoms with van der Waals surface area (Å²) in [7, 11) is 1.73. The molecule has 1 aromatic carbocycles. The van der Waals surface area contributed by atoms with Gasteiger partial charge >= 0.3 is 12.1 Å². The number of carbonyl (C=O) groups excluding carboxylic acids is 1. The summed E-state index contributed by atoms with van der Waals surface area (Å²) in [6.07, 6.45) is 0.830. The second-order valence-corrected chi connectivity index (χ2v) is 7.64. The largest absolute Gasteiger partial charge is 0.493 e. The average molecular weight is 517 g/mol. The van der Waals surface area contributed by atoms with Gasteiger partial charge in [-0.2, -0.15) is 18.3 Å². The number of carbonyl (C=O) groups is 2. The lowest BCUT2D eigenvalue weighted by Gasteiger charge is -2.11. The SMILES string of the molecule is Cn1c(=O)cc(OCCCC(=O)Nc2cc(-c3cn[nH]c3)ccn2)c2ccccc21.O=C(O)C(F)(F)F. The Morgan fingerprint density at radius 3 is 2.57 bits per heavy atom. The third-order valence-electron chi connectivity index (χ3n) is 5.02. The standard InChI is InChI=1S/C22H21N5O3.C2HF3O2/c1-27-18-6-3-2-5-17(18)19(12-22(27)29)30-10-4-7-21(28)26-20-11-15(8-9-23-20)16-13-24-25-14-16;3-2(4,5)1(6)7/h2-3,5-6,8-9,11-14H,4,7,10H2,1H3,(H,24,25)(H,23,26,28);(H,6,7). The molecule has 0 aliphatic heterocycles. The van der Waals surface area contributed by atoms with E-state index in [0.29, 0.717) is 24.6 Å². The van der Waals surface area contributed by atoms with Crippen molar-refractivity contribution in [2.24, 2.45) is 7.05 Å². The highest BCUT2D eigenvalue weighted by Gasteiger charge is 2.38. The Morgan fingerprint density at radius 1 is 1.16 bits per heavy atom. The van der Waals surface area contributed by atoms with Gasteiger partial charge in [-0.25, -0.2) is 9.78 Å². The van der Waals surface area contributed by atoms with Crippen LogP contribution in [0.5, 0.6) is 5.75 Å². The molecule has 0 spiro atoms. The van der Waals surface area contributed by atoms with E-state index in [0.717, 1.165) is 22.0 Å². The topological polar surface area (TPSA) is 139 Å². The summed E-state index contributed by atoms with van der Waals surface area (Å²) in [5.74, 6) is -1.89. The van der Waals surface area contributed by atoms with E-state index in [2.05, 4.69) is 20.5 Å². The van der Waals surface area contributed by atoms with Crippen LogP contribution in [0.2, 0.25) is 0 Å². The van der Waals surface area contributed by atoms with Crippen molar-refractivity contribution in [1.29, 1.82) is 0 Å². The predicted molar refractivity (Wildman–Crippen MR) is 128 cm³/mol. The first-order valence-electron chi connectivity index (χ1n) is 10.8. The zero-order valence-electron chi connectivity index (χ0n) is 19.5. The normalized spacial score (nSPS) is 10.9. The molecule has 0 saturated carbocycles. The first-order valence-corrected chi connectivity index (χ1v) is 10.8. The van der Waals surface area contributed by atoms with Crippen LogP contribution < -0.4 is 15.6 Å². The molecule has 3 N–H and O–H groups in total. The second kappa shape index (κ2) is 11.8. The summed E-state index contributed by atoms with van der Waals surface area (Å²) in [4.78, 5) is 37.5. The van der Waals surface area contributed by atoms with Crippen LogP contribution in [-0.2, 0) is 16.6 Å². The molecule has 4 rings (SSSR count). The minimum Gasteiger partial charge on any atom is -0.493 e. The molecule has 1 amide bonds. The van der Waals surface area contributed by atoms with Gasteiger partial charge in [-0.1, -0.05) is 12.1 Å². The van der Waals surface area contributed by atoms with E-state index < -0.39 is 12.1 Å². The molecule has 0 saturated heterocycles. The van der Waals surface area contributed by atoms with Crippen LogP contribution >= 0.6 is 0 Å². The molecule has 194 valence electrons. The Hall–Kier alpha value is -4.68. The number of halogens is 3. The number of hydrogen-bond donors (Lipinski definition) is 3. The number of aliphatic carboxylic acids is 1. The summed E-state index contributed by atoms with van der Waals surface area (Å²) < 4.78 is 39.1. The molecule has 0 atom stereocenters. The minimum atomic E-state index is -5.08. The number of fused-ring (bicyclic) bond motifs is 1. The summed E-state index contributed by atoms with van der Waals surface area (Å²) in [6, 6.07) is 12.7. The van der Waals surface area contributed by atoms with Gasteiger partial charge in [-0.3, -0.25) is 14.7 Å². The van der Waals surface area contributed by atoms with Gasteiger partial charge in [0.15, 0.2) is 0 Å². The molecule has 13 heteroatoms. The highest BCUT2D eigenvalue weighted by molar-refractivity contribution is 5.90. The van der Waals surface area contributed by atoms with Crippen LogP contribution in [-0.4, -0.2) is 49.5 Å². The van der Waals surface area contributed by atoms with Gasteiger partial charge in [-0.05, 0) is 36.2 Å². The van der Waals surface area contributed by atoms with Crippen LogP contribution in [0.15, 0.2) is 65.8 Å². The summed E-state index contributed by atoms with van der Waals surface area (Å²) in [6.45, 7) is 0.326.